The summed E-state index contributed by atoms with van der Waals surface area (Å²) in [6.45, 7) is 4.67. The molecule has 2 unspecified atom stereocenters. The van der Waals surface area contributed by atoms with E-state index in [1.165, 1.54) is 5.56 Å². The largest absolute Gasteiger partial charge is 0.493 e. The topological polar surface area (TPSA) is 81.4 Å². The molecule has 28 heavy (non-hydrogen) atoms. The maximum absolute atomic E-state index is 5.77. The number of methoxy groups -OCH3 is 1. The lowest BCUT2D eigenvalue weighted by Gasteiger charge is -2.15. The Morgan fingerprint density at radius 2 is 1.93 bits per heavy atom. The Bertz CT molecular complexity index is 926. The van der Waals surface area contributed by atoms with E-state index < -0.39 is 0 Å². The molecule has 1 fully saturated rings. The number of hydrazine groups is 1. The van der Waals surface area contributed by atoms with Gasteiger partial charge in [0.15, 0.2) is 11.5 Å². The Balaban J connectivity index is 1.59. The Morgan fingerprint density at radius 3 is 2.68 bits per heavy atom. The van der Waals surface area contributed by atoms with Crippen LogP contribution in [0.25, 0.3) is 11.4 Å². The third-order valence-electron chi connectivity index (χ3n) is 4.68. The minimum atomic E-state index is 0.0501. The first-order chi connectivity index (χ1) is 13.7. The molecular formula is C21H24N4O3. The van der Waals surface area contributed by atoms with Crippen molar-refractivity contribution >= 4 is 0 Å². The van der Waals surface area contributed by atoms with Crippen molar-refractivity contribution in [3.8, 4) is 22.9 Å². The van der Waals surface area contributed by atoms with Gasteiger partial charge >= 0.3 is 0 Å². The molecule has 2 N–H and O–H groups in total. The number of nitrogens with one attached hydrogen (secondary N) is 2. The first-order valence-electron chi connectivity index (χ1n) is 9.37. The van der Waals surface area contributed by atoms with E-state index in [4.69, 9.17) is 14.0 Å². The number of hydrogen-bond donors (Lipinski definition) is 2. The molecule has 4 rings (SSSR count). The molecule has 0 amide bonds. The van der Waals surface area contributed by atoms with Crippen LogP contribution in [-0.2, 0) is 0 Å². The van der Waals surface area contributed by atoms with Crippen LogP contribution in [0.3, 0.4) is 0 Å². The van der Waals surface area contributed by atoms with Gasteiger partial charge in [0.1, 0.15) is 0 Å². The van der Waals surface area contributed by atoms with Crippen molar-refractivity contribution in [2.45, 2.75) is 31.9 Å². The molecule has 1 saturated heterocycles. The lowest BCUT2D eigenvalue weighted by atomic mass is 9.95. The van der Waals surface area contributed by atoms with E-state index in [-0.39, 0.29) is 18.1 Å². The Labute approximate surface area is 164 Å². The Kier molecular flexibility index (Phi) is 5.27. The van der Waals surface area contributed by atoms with E-state index in [0.29, 0.717) is 29.8 Å². The normalized spacial score (nSPS) is 19.1. The third-order valence-corrected chi connectivity index (χ3v) is 4.68. The van der Waals surface area contributed by atoms with Crippen LogP contribution in [0, 0.1) is 0 Å². The van der Waals surface area contributed by atoms with Gasteiger partial charge in [0.25, 0.3) is 0 Å². The molecular weight excluding hydrogens is 356 g/mol. The first-order valence-corrected chi connectivity index (χ1v) is 9.37. The van der Waals surface area contributed by atoms with Gasteiger partial charge in [-0.2, -0.15) is 4.98 Å². The molecule has 0 bridgehead atoms. The molecule has 1 aromatic heterocycles. The van der Waals surface area contributed by atoms with Gasteiger partial charge in [-0.15, -0.1) is 0 Å². The maximum atomic E-state index is 5.77. The highest BCUT2D eigenvalue weighted by atomic mass is 16.5. The molecule has 2 aromatic carbocycles. The molecule has 0 saturated carbocycles. The molecule has 3 aromatic rings. The third kappa shape index (κ3) is 3.72. The van der Waals surface area contributed by atoms with Crippen molar-refractivity contribution in [2.24, 2.45) is 0 Å². The number of ether oxygens (including phenoxy) is 2. The van der Waals surface area contributed by atoms with Crippen LogP contribution in [0.2, 0.25) is 0 Å². The zero-order chi connectivity index (χ0) is 19.5. The van der Waals surface area contributed by atoms with Crippen molar-refractivity contribution < 1.29 is 14.0 Å². The number of hydrogen-bond acceptors (Lipinski definition) is 7. The molecule has 146 valence electrons. The lowest BCUT2D eigenvalue weighted by Crippen LogP contribution is -2.24. The van der Waals surface area contributed by atoms with Crippen LogP contribution in [0.4, 0.5) is 0 Å². The van der Waals surface area contributed by atoms with Gasteiger partial charge in [-0.3, -0.25) is 5.43 Å². The molecule has 0 radical (unpaired) electrons. The monoisotopic (exact) mass is 380 g/mol. The predicted molar refractivity (Wildman–Crippen MR) is 105 cm³/mol. The quantitative estimate of drug-likeness (QED) is 0.678. The summed E-state index contributed by atoms with van der Waals surface area (Å²) >= 11 is 0. The average molecular weight is 380 g/mol. The van der Waals surface area contributed by atoms with Crippen LogP contribution in [0.15, 0.2) is 53.1 Å². The minimum Gasteiger partial charge on any atom is -0.493 e. The summed E-state index contributed by atoms with van der Waals surface area (Å²) in [6, 6.07) is 16.0. The molecule has 7 nitrogen and oxygen atoms in total. The highest BCUT2D eigenvalue weighted by molar-refractivity contribution is 5.60. The summed E-state index contributed by atoms with van der Waals surface area (Å²) in [6.07, 6.45) is 0.0637. The predicted octanol–water partition coefficient (Wildman–Crippen LogP) is 3.47. The smallest absolute Gasteiger partial charge is 0.233 e. The van der Waals surface area contributed by atoms with E-state index in [1.807, 2.05) is 50.2 Å². The second-order valence-corrected chi connectivity index (χ2v) is 7.01. The molecule has 2 atom stereocenters. The highest BCUT2D eigenvalue weighted by Crippen LogP contribution is 2.35. The van der Waals surface area contributed by atoms with Crippen molar-refractivity contribution in [1.82, 2.24) is 21.0 Å². The van der Waals surface area contributed by atoms with Gasteiger partial charge in [0, 0.05) is 12.1 Å². The van der Waals surface area contributed by atoms with Crippen LogP contribution < -0.4 is 20.3 Å². The molecule has 1 aliphatic heterocycles. The SMILES string of the molecule is COc1cc(-c2noc(C3CNNC3c3ccccc3)n2)ccc1OC(C)C. The fourth-order valence-corrected chi connectivity index (χ4v) is 3.36. The zero-order valence-electron chi connectivity index (χ0n) is 16.2. The molecule has 2 heterocycles. The lowest BCUT2D eigenvalue weighted by molar-refractivity contribution is 0.230. The van der Waals surface area contributed by atoms with Crippen molar-refractivity contribution in [3.05, 3.63) is 60.0 Å². The number of benzene rings is 2. The van der Waals surface area contributed by atoms with E-state index >= 15 is 0 Å². The number of aromatic nitrogens is 2. The highest BCUT2D eigenvalue weighted by Gasteiger charge is 2.34. The number of nitrogens with zero attached hydrogens (tertiary/aromatic N) is 2. The van der Waals surface area contributed by atoms with Gasteiger partial charge < -0.3 is 14.0 Å². The summed E-state index contributed by atoms with van der Waals surface area (Å²) in [5, 5.41) is 4.19. The van der Waals surface area contributed by atoms with Gasteiger partial charge in [0.2, 0.25) is 11.7 Å². The summed E-state index contributed by atoms with van der Waals surface area (Å²) in [5.41, 5.74) is 8.49. The van der Waals surface area contributed by atoms with Gasteiger partial charge in [-0.25, -0.2) is 5.43 Å². The molecule has 0 aliphatic carbocycles. The van der Waals surface area contributed by atoms with Gasteiger partial charge in [-0.05, 0) is 37.6 Å². The van der Waals surface area contributed by atoms with E-state index in [2.05, 4.69) is 33.1 Å². The van der Waals surface area contributed by atoms with E-state index in [9.17, 15) is 0 Å². The van der Waals surface area contributed by atoms with Crippen LogP contribution in [0.1, 0.15) is 37.3 Å². The zero-order valence-corrected chi connectivity index (χ0v) is 16.2. The van der Waals surface area contributed by atoms with Crippen molar-refractivity contribution in [1.29, 1.82) is 0 Å². The Hall–Kier alpha value is -2.90. The second kappa shape index (κ2) is 8.00. The summed E-state index contributed by atoms with van der Waals surface area (Å²) in [7, 11) is 1.62. The number of rotatable bonds is 6. The van der Waals surface area contributed by atoms with Gasteiger partial charge in [0.05, 0.1) is 25.2 Å². The minimum absolute atomic E-state index is 0.0501. The molecule has 7 heteroatoms. The second-order valence-electron chi connectivity index (χ2n) is 7.01. The van der Waals surface area contributed by atoms with Gasteiger partial charge in [-0.1, -0.05) is 35.5 Å². The van der Waals surface area contributed by atoms with Crippen molar-refractivity contribution in [3.63, 3.8) is 0 Å². The maximum Gasteiger partial charge on any atom is 0.233 e. The fraction of sp³-hybridized carbons (Fsp3) is 0.333. The fourth-order valence-electron chi connectivity index (χ4n) is 3.36. The Morgan fingerprint density at radius 1 is 1.11 bits per heavy atom. The summed E-state index contributed by atoms with van der Waals surface area (Å²) in [4.78, 5) is 4.65. The first kappa shape index (κ1) is 18.5. The standard InChI is InChI=1S/C21H24N4O3/c1-13(2)27-17-10-9-15(11-18(17)26-3)20-23-21(28-25-20)16-12-22-24-19(16)14-7-5-4-6-8-14/h4-11,13,16,19,22,24H,12H2,1-3H3. The van der Waals surface area contributed by atoms with Crippen LogP contribution in [0.5, 0.6) is 11.5 Å². The molecule has 1 aliphatic rings. The summed E-state index contributed by atoms with van der Waals surface area (Å²) < 4.78 is 16.8. The van der Waals surface area contributed by atoms with Crippen molar-refractivity contribution in [2.75, 3.05) is 13.7 Å². The summed E-state index contributed by atoms with van der Waals surface area (Å²) in [5.74, 6) is 2.52. The molecule has 0 spiro atoms. The van der Waals surface area contributed by atoms with Crippen LogP contribution >= 0.6 is 0 Å². The van der Waals surface area contributed by atoms with E-state index in [1.54, 1.807) is 7.11 Å². The van der Waals surface area contributed by atoms with E-state index in [0.717, 1.165) is 5.56 Å². The van der Waals surface area contributed by atoms with Crippen LogP contribution in [-0.4, -0.2) is 29.9 Å². The average Bonchev–Trinajstić information content (AvgIpc) is 3.38.